The number of benzene rings is 2. The summed E-state index contributed by atoms with van der Waals surface area (Å²) in [4.78, 5) is 11.0. The van der Waals surface area contributed by atoms with E-state index in [0.717, 1.165) is 59.6 Å². The molecule has 1 saturated heterocycles. The first kappa shape index (κ1) is 21.7. The Morgan fingerprint density at radius 3 is 2.38 bits per heavy atom. The van der Waals surface area contributed by atoms with E-state index < -0.39 is 0 Å². The minimum atomic E-state index is 0.461. The van der Waals surface area contributed by atoms with Crippen molar-refractivity contribution < 1.29 is 4.74 Å². The third-order valence-electron chi connectivity index (χ3n) is 6.75. The van der Waals surface area contributed by atoms with Crippen LogP contribution in [0, 0.1) is 11.3 Å². The zero-order valence-electron chi connectivity index (χ0n) is 19.5. The number of anilines is 1. The van der Waals surface area contributed by atoms with Crippen LogP contribution in [0.2, 0.25) is 0 Å². The summed E-state index contributed by atoms with van der Waals surface area (Å²) in [5.74, 6) is 1.21. The summed E-state index contributed by atoms with van der Waals surface area (Å²) in [7, 11) is 3.72. The molecule has 0 unspecified atom stereocenters. The Balaban J connectivity index is 1.61. The van der Waals surface area contributed by atoms with Gasteiger partial charge in [0.15, 0.2) is 0 Å². The molecule has 34 heavy (non-hydrogen) atoms. The van der Waals surface area contributed by atoms with Gasteiger partial charge < -0.3 is 14.2 Å². The molecule has 0 atom stereocenters. The van der Waals surface area contributed by atoms with Gasteiger partial charge >= 0.3 is 0 Å². The molecule has 5 rings (SSSR count). The fourth-order valence-electron chi connectivity index (χ4n) is 5.03. The van der Waals surface area contributed by atoms with Crippen LogP contribution in [0.4, 0.5) is 5.69 Å². The average molecular weight is 450 g/mol. The third-order valence-corrected chi connectivity index (χ3v) is 6.75. The van der Waals surface area contributed by atoms with E-state index in [-0.39, 0.29) is 0 Å². The van der Waals surface area contributed by atoms with Crippen LogP contribution in [0.25, 0.3) is 22.3 Å². The Kier molecular flexibility index (Phi) is 6.01. The predicted molar refractivity (Wildman–Crippen MR) is 134 cm³/mol. The smallest absolute Gasteiger partial charge is 0.129 e. The molecule has 0 N–H and O–H groups in total. The summed E-state index contributed by atoms with van der Waals surface area (Å²) in [6, 6.07) is 18.7. The largest absolute Gasteiger partial charge is 0.496 e. The van der Waals surface area contributed by atoms with Crippen molar-refractivity contribution in [1.82, 2.24) is 14.5 Å². The molecule has 0 aliphatic carbocycles. The Hall–Kier alpha value is -4.11. The molecule has 0 spiro atoms. The van der Waals surface area contributed by atoms with E-state index in [1.807, 2.05) is 49.1 Å². The summed E-state index contributed by atoms with van der Waals surface area (Å²) in [5.41, 5.74) is 6.76. The fraction of sp³-hybridized carbons (Fsp3) is 0.250. The van der Waals surface area contributed by atoms with Crippen LogP contribution in [0.1, 0.15) is 30.0 Å². The van der Waals surface area contributed by atoms with Crippen molar-refractivity contribution >= 4 is 5.69 Å². The molecule has 6 nitrogen and oxygen atoms in total. The molecule has 0 saturated carbocycles. The lowest BCUT2D eigenvalue weighted by Gasteiger charge is -2.36. The second kappa shape index (κ2) is 9.40. The first-order valence-corrected chi connectivity index (χ1v) is 11.5. The van der Waals surface area contributed by atoms with Gasteiger partial charge in [0, 0.05) is 67.0 Å². The summed E-state index contributed by atoms with van der Waals surface area (Å²) in [6.07, 6.45) is 9.40. The van der Waals surface area contributed by atoms with Gasteiger partial charge in [0.1, 0.15) is 11.8 Å². The molecule has 1 fully saturated rings. The van der Waals surface area contributed by atoms with Gasteiger partial charge in [-0.05, 0) is 24.5 Å². The van der Waals surface area contributed by atoms with Gasteiger partial charge in [0.05, 0.1) is 24.7 Å². The number of piperidine rings is 1. The molecule has 1 aliphatic heterocycles. The first-order valence-electron chi connectivity index (χ1n) is 11.5. The Morgan fingerprint density at radius 1 is 0.941 bits per heavy atom. The number of nitrogens with zero attached hydrogens (tertiary/aromatic N) is 5. The molecule has 4 aromatic rings. The minimum Gasteiger partial charge on any atom is -0.496 e. The van der Waals surface area contributed by atoms with Crippen molar-refractivity contribution in [2.24, 2.45) is 7.05 Å². The van der Waals surface area contributed by atoms with Crippen molar-refractivity contribution in [3.63, 3.8) is 0 Å². The molecule has 2 aromatic heterocycles. The van der Waals surface area contributed by atoms with E-state index in [2.05, 4.69) is 50.8 Å². The molecule has 1 aliphatic rings. The van der Waals surface area contributed by atoms with Gasteiger partial charge in [-0.3, -0.25) is 4.98 Å². The number of imidazole rings is 1. The maximum absolute atomic E-state index is 10.4. The van der Waals surface area contributed by atoms with Crippen molar-refractivity contribution in [2.45, 2.75) is 18.8 Å². The van der Waals surface area contributed by atoms with Gasteiger partial charge in [-0.1, -0.05) is 42.5 Å². The van der Waals surface area contributed by atoms with Crippen LogP contribution < -0.4 is 9.64 Å². The van der Waals surface area contributed by atoms with Crippen molar-refractivity contribution in [3.8, 4) is 34.1 Å². The van der Waals surface area contributed by atoms with E-state index in [9.17, 15) is 5.26 Å². The maximum Gasteiger partial charge on any atom is 0.129 e. The van der Waals surface area contributed by atoms with Crippen LogP contribution >= 0.6 is 0 Å². The number of aromatic nitrogens is 3. The van der Waals surface area contributed by atoms with Gasteiger partial charge in [0.2, 0.25) is 0 Å². The fourth-order valence-corrected chi connectivity index (χ4v) is 5.03. The average Bonchev–Trinajstić information content (AvgIpc) is 3.34. The maximum atomic E-state index is 10.4. The molecule has 6 heteroatoms. The summed E-state index contributed by atoms with van der Waals surface area (Å²) in [5, 5.41) is 10.4. The summed E-state index contributed by atoms with van der Waals surface area (Å²) in [6.45, 7) is 1.72. The first-order chi connectivity index (χ1) is 16.7. The number of hydrogen-bond acceptors (Lipinski definition) is 5. The van der Waals surface area contributed by atoms with Gasteiger partial charge in [-0.25, -0.2) is 4.98 Å². The quantitative estimate of drug-likeness (QED) is 0.407. The zero-order valence-corrected chi connectivity index (χ0v) is 19.5. The number of methoxy groups -OCH3 is 1. The number of nitriles is 1. The predicted octanol–water partition coefficient (Wildman–Crippen LogP) is 5.41. The Bertz CT molecular complexity index is 1330. The number of aryl methyl sites for hydroxylation is 1. The minimum absolute atomic E-state index is 0.461. The van der Waals surface area contributed by atoms with Gasteiger partial charge in [0.25, 0.3) is 0 Å². The van der Waals surface area contributed by atoms with Crippen LogP contribution in [0.15, 0.2) is 73.4 Å². The SMILES string of the molecule is COc1ccncc1-c1ccc(-c2ccccc2)c(C#N)c1N1CCC(c2cncn2C)CC1. The highest BCUT2D eigenvalue weighted by Gasteiger charge is 2.28. The lowest BCUT2D eigenvalue weighted by molar-refractivity contribution is 0.416. The molecule has 170 valence electrons. The second-order valence-corrected chi connectivity index (χ2v) is 8.63. The normalized spacial score (nSPS) is 14.1. The number of rotatable bonds is 5. The summed E-state index contributed by atoms with van der Waals surface area (Å²) >= 11 is 0. The van der Waals surface area contributed by atoms with Crippen molar-refractivity contribution in [3.05, 3.63) is 84.7 Å². The molecule has 0 radical (unpaired) electrons. The van der Waals surface area contributed by atoms with E-state index in [4.69, 9.17) is 4.74 Å². The summed E-state index contributed by atoms with van der Waals surface area (Å²) < 4.78 is 7.77. The van der Waals surface area contributed by atoms with E-state index in [1.165, 1.54) is 5.69 Å². The van der Waals surface area contributed by atoms with E-state index in [0.29, 0.717) is 11.5 Å². The highest BCUT2D eigenvalue weighted by molar-refractivity contribution is 5.91. The van der Waals surface area contributed by atoms with Crippen LogP contribution in [-0.2, 0) is 7.05 Å². The third kappa shape index (κ3) is 3.90. The highest BCUT2D eigenvalue weighted by atomic mass is 16.5. The topological polar surface area (TPSA) is 67.0 Å². The molecule has 0 amide bonds. The lowest BCUT2D eigenvalue weighted by Crippen LogP contribution is -2.34. The standard InChI is InChI=1S/C28H27N5O/c1-32-19-31-18-26(32)21-11-14-33(15-12-21)28-23(25-17-30-13-10-27(25)34-2)9-8-22(24(28)16-29)20-6-4-3-5-7-20/h3-10,13,17-19,21H,11-12,14-15H2,1-2H3. The van der Waals surface area contributed by atoms with Crippen LogP contribution in [0.3, 0.4) is 0 Å². The van der Waals surface area contributed by atoms with Crippen molar-refractivity contribution in [1.29, 1.82) is 5.26 Å². The Morgan fingerprint density at radius 2 is 1.71 bits per heavy atom. The highest BCUT2D eigenvalue weighted by Crippen LogP contribution is 2.43. The second-order valence-electron chi connectivity index (χ2n) is 8.63. The zero-order chi connectivity index (χ0) is 23.5. The molecular weight excluding hydrogens is 422 g/mol. The molecule has 2 aromatic carbocycles. The van der Waals surface area contributed by atoms with Gasteiger partial charge in [-0.15, -0.1) is 0 Å². The van der Waals surface area contributed by atoms with Crippen molar-refractivity contribution in [2.75, 3.05) is 25.1 Å². The van der Waals surface area contributed by atoms with Crippen LogP contribution in [0.5, 0.6) is 5.75 Å². The molecule has 3 heterocycles. The van der Waals surface area contributed by atoms with Crippen LogP contribution in [-0.4, -0.2) is 34.7 Å². The van der Waals surface area contributed by atoms with E-state index >= 15 is 0 Å². The molecular formula is C28H27N5O. The monoisotopic (exact) mass is 449 g/mol. The number of ether oxygens (including phenoxy) is 1. The molecule has 0 bridgehead atoms. The lowest BCUT2D eigenvalue weighted by atomic mass is 9.89. The van der Waals surface area contributed by atoms with Gasteiger partial charge in [-0.2, -0.15) is 5.26 Å². The van der Waals surface area contributed by atoms with E-state index in [1.54, 1.807) is 13.3 Å². The Labute approximate surface area is 200 Å². The number of hydrogen-bond donors (Lipinski definition) is 0. The number of pyridine rings is 1.